The molecule has 0 atom stereocenters. The van der Waals surface area contributed by atoms with E-state index in [1.54, 1.807) is 6.08 Å². The van der Waals surface area contributed by atoms with Crippen LogP contribution in [0.25, 0.3) is 6.08 Å². The predicted molar refractivity (Wildman–Crippen MR) is 86.2 cm³/mol. The average Bonchev–Trinajstić information content (AvgIpc) is 2.47. The van der Waals surface area contributed by atoms with E-state index in [0.717, 1.165) is 23.3 Å². The molecule has 0 unspecified atom stereocenters. The van der Waals surface area contributed by atoms with E-state index in [1.807, 2.05) is 12.1 Å². The minimum Gasteiger partial charge on any atom is -0.489 e. The molecule has 0 fully saturated rings. The second kappa shape index (κ2) is 6.76. The van der Waals surface area contributed by atoms with Gasteiger partial charge in [-0.3, -0.25) is 0 Å². The molecule has 1 heteroatoms. The van der Waals surface area contributed by atoms with Gasteiger partial charge in [-0.05, 0) is 41.7 Å². The van der Waals surface area contributed by atoms with Crippen LogP contribution in [0.15, 0.2) is 61.7 Å². The van der Waals surface area contributed by atoms with Crippen molar-refractivity contribution in [2.24, 2.45) is 0 Å². The standard InChI is InChI=1S/C19H20O/c1-4-11-20-19-10-9-18(12-15(19)3)14-17-8-6-7-16(5-2)13-17/h4-10,12-13H,1-2,11,14H2,3H3. The van der Waals surface area contributed by atoms with Gasteiger partial charge in [-0.25, -0.2) is 0 Å². The molecule has 0 aliphatic heterocycles. The smallest absolute Gasteiger partial charge is 0.122 e. The van der Waals surface area contributed by atoms with E-state index in [2.05, 4.69) is 56.5 Å². The highest BCUT2D eigenvalue weighted by atomic mass is 16.5. The van der Waals surface area contributed by atoms with Gasteiger partial charge < -0.3 is 4.74 Å². The van der Waals surface area contributed by atoms with E-state index in [1.165, 1.54) is 11.1 Å². The van der Waals surface area contributed by atoms with Gasteiger partial charge in [0, 0.05) is 0 Å². The van der Waals surface area contributed by atoms with Crippen molar-refractivity contribution < 1.29 is 4.74 Å². The lowest BCUT2D eigenvalue weighted by atomic mass is 10.0. The van der Waals surface area contributed by atoms with Gasteiger partial charge in [0.25, 0.3) is 0 Å². The Balaban J connectivity index is 2.15. The van der Waals surface area contributed by atoms with Crippen LogP contribution in [0.1, 0.15) is 22.3 Å². The minimum absolute atomic E-state index is 0.543. The van der Waals surface area contributed by atoms with E-state index < -0.39 is 0 Å². The zero-order valence-electron chi connectivity index (χ0n) is 11.9. The largest absolute Gasteiger partial charge is 0.489 e. The molecule has 2 aromatic rings. The van der Waals surface area contributed by atoms with Crippen molar-refractivity contribution in [3.8, 4) is 5.75 Å². The molecule has 0 spiro atoms. The van der Waals surface area contributed by atoms with Crippen molar-refractivity contribution >= 4 is 6.08 Å². The summed E-state index contributed by atoms with van der Waals surface area (Å²) in [6.07, 6.45) is 4.55. The Labute approximate surface area is 121 Å². The van der Waals surface area contributed by atoms with Crippen LogP contribution in [-0.4, -0.2) is 6.61 Å². The molecule has 0 N–H and O–H groups in total. The molecular weight excluding hydrogens is 244 g/mol. The van der Waals surface area contributed by atoms with Crippen LogP contribution in [-0.2, 0) is 6.42 Å². The molecule has 20 heavy (non-hydrogen) atoms. The molecule has 0 radical (unpaired) electrons. The lowest BCUT2D eigenvalue weighted by molar-refractivity contribution is 0.360. The fraction of sp³-hybridized carbons (Fsp3) is 0.158. The number of hydrogen-bond acceptors (Lipinski definition) is 1. The summed E-state index contributed by atoms with van der Waals surface area (Å²) in [5, 5.41) is 0. The van der Waals surface area contributed by atoms with Gasteiger partial charge in [-0.2, -0.15) is 0 Å². The van der Waals surface area contributed by atoms with Crippen LogP contribution in [0, 0.1) is 6.92 Å². The summed E-state index contributed by atoms with van der Waals surface area (Å²) in [4.78, 5) is 0. The fourth-order valence-electron chi connectivity index (χ4n) is 2.20. The predicted octanol–water partition coefficient (Wildman–Crippen LogP) is 4.79. The SMILES string of the molecule is C=CCOc1ccc(Cc2cccc(C=C)c2)cc1C. The van der Waals surface area contributed by atoms with E-state index in [9.17, 15) is 0 Å². The van der Waals surface area contributed by atoms with Crippen molar-refractivity contribution in [2.75, 3.05) is 6.61 Å². The maximum absolute atomic E-state index is 5.60. The van der Waals surface area contributed by atoms with Crippen LogP contribution in [0.5, 0.6) is 5.75 Å². The van der Waals surface area contributed by atoms with Crippen LogP contribution in [0.2, 0.25) is 0 Å². The van der Waals surface area contributed by atoms with Crippen molar-refractivity contribution in [3.63, 3.8) is 0 Å². The van der Waals surface area contributed by atoms with Crippen LogP contribution >= 0.6 is 0 Å². The average molecular weight is 264 g/mol. The Hall–Kier alpha value is -2.28. The van der Waals surface area contributed by atoms with Gasteiger partial charge in [0.05, 0.1) is 0 Å². The van der Waals surface area contributed by atoms with Crippen molar-refractivity contribution in [1.29, 1.82) is 0 Å². The lowest BCUT2D eigenvalue weighted by Gasteiger charge is -2.09. The summed E-state index contributed by atoms with van der Waals surface area (Å²) in [6.45, 7) is 10.1. The molecular formula is C19H20O. The zero-order chi connectivity index (χ0) is 14.4. The molecule has 0 saturated carbocycles. The highest BCUT2D eigenvalue weighted by Gasteiger charge is 2.02. The number of aryl methyl sites for hydroxylation is 1. The number of hydrogen-bond donors (Lipinski definition) is 0. The number of rotatable bonds is 6. The Morgan fingerprint density at radius 3 is 2.55 bits per heavy atom. The summed E-state index contributed by atoms with van der Waals surface area (Å²) in [5.41, 5.74) is 4.89. The molecule has 0 saturated heterocycles. The van der Waals surface area contributed by atoms with Gasteiger partial charge in [-0.15, -0.1) is 0 Å². The molecule has 0 bridgehead atoms. The Morgan fingerprint density at radius 2 is 1.85 bits per heavy atom. The third-order valence-electron chi connectivity index (χ3n) is 3.19. The van der Waals surface area contributed by atoms with E-state index in [0.29, 0.717) is 6.61 Å². The topological polar surface area (TPSA) is 9.23 Å². The molecule has 0 aliphatic rings. The molecule has 0 amide bonds. The van der Waals surface area contributed by atoms with Gasteiger partial charge in [0.2, 0.25) is 0 Å². The third kappa shape index (κ3) is 3.61. The van der Waals surface area contributed by atoms with E-state index in [-0.39, 0.29) is 0 Å². The van der Waals surface area contributed by atoms with Crippen LogP contribution < -0.4 is 4.74 Å². The van der Waals surface area contributed by atoms with Gasteiger partial charge in [-0.1, -0.05) is 61.7 Å². The summed E-state index contributed by atoms with van der Waals surface area (Å²) in [6, 6.07) is 14.8. The van der Waals surface area contributed by atoms with Crippen LogP contribution in [0.3, 0.4) is 0 Å². The molecule has 2 aromatic carbocycles. The first-order chi connectivity index (χ1) is 9.72. The summed E-state index contributed by atoms with van der Waals surface area (Å²) in [5.74, 6) is 0.925. The molecule has 0 heterocycles. The maximum Gasteiger partial charge on any atom is 0.122 e. The van der Waals surface area contributed by atoms with Crippen molar-refractivity contribution in [2.45, 2.75) is 13.3 Å². The van der Waals surface area contributed by atoms with Gasteiger partial charge in [0.1, 0.15) is 12.4 Å². The lowest BCUT2D eigenvalue weighted by Crippen LogP contribution is -1.96. The second-order valence-electron chi connectivity index (χ2n) is 4.83. The zero-order valence-corrected chi connectivity index (χ0v) is 11.9. The van der Waals surface area contributed by atoms with E-state index >= 15 is 0 Å². The van der Waals surface area contributed by atoms with Crippen molar-refractivity contribution in [3.05, 3.63) is 84.0 Å². The van der Waals surface area contributed by atoms with Crippen molar-refractivity contribution in [1.82, 2.24) is 0 Å². The Kier molecular flexibility index (Phi) is 4.78. The molecule has 1 nitrogen and oxygen atoms in total. The maximum atomic E-state index is 5.60. The highest BCUT2D eigenvalue weighted by molar-refractivity contribution is 5.48. The van der Waals surface area contributed by atoms with Crippen LogP contribution in [0.4, 0.5) is 0 Å². The number of ether oxygens (including phenoxy) is 1. The third-order valence-corrected chi connectivity index (χ3v) is 3.19. The minimum atomic E-state index is 0.543. The Bertz CT molecular complexity index is 611. The fourth-order valence-corrected chi connectivity index (χ4v) is 2.20. The second-order valence-corrected chi connectivity index (χ2v) is 4.83. The first-order valence-electron chi connectivity index (χ1n) is 6.77. The summed E-state index contributed by atoms with van der Waals surface area (Å²) >= 11 is 0. The summed E-state index contributed by atoms with van der Waals surface area (Å²) < 4.78 is 5.60. The Morgan fingerprint density at radius 1 is 1.05 bits per heavy atom. The molecule has 102 valence electrons. The number of benzene rings is 2. The van der Waals surface area contributed by atoms with E-state index in [4.69, 9.17) is 4.74 Å². The monoisotopic (exact) mass is 264 g/mol. The molecule has 0 aliphatic carbocycles. The summed E-state index contributed by atoms with van der Waals surface area (Å²) in [7, 11) is 0. The van der Waals surface area contributed by atoms with Gasteiger partial charge >= 0.3 is 0 Å². The molecule has 0 aromatic heterocycles. The van der Waals surface area contributed by atoms with Gasteiger partial charge in [0.15, 0.2) is 0 Å². The first-order valence-corrected chi connectivity index (χ1v) is 6.77. The molecule has 2 rings (SSSR count). The highest BCUT2D eigenvalue weighted by Crippen LogP contribution is 2.21. The normalized spacial score (nSPS) is 10.1. The quantitative estimate of drug-likeness (QED) is 0.681. The first kappa shape index (κ1) is 14.1.